The summed E-state index contributed by atoms with van der Waals surface area (Å²) >= 11 is 6.18. The van der Waals surface area contributed by atoms with Crippen LogP contribution < -0.4 is 4.72 Å². The van der Waals surface area contributed by atoms with Gasteiger partial charge in [-0.05, 0) is 30.3 Å². The van der Waals surface area contributed by atoms with Crippen molar-refractivity contribution in [1.82, 2.24) is 14.7 Å². The van der Waals surface area contributed by atoms with Crippen LogP contribution in [-0.4, -0.2) is 49.4 Å². The fourth-order valence-corrected chi connectivity index (χ4v) is 4.44. The van der Waals surface area contributed by atoms with Crippen LogP contribution in [0.25, 0.3) is 5.69 Å². The van der Waals surface area contributed by atoms with Gasteiger partial charge in [-0.2, -0.15) is 5.10 Å². The molecule has 0 amide bonds. The number of morpholine rings is 1. The monoisotopic (exact) mass is 432 g/mol. The molecule has 2 aromatic carbocycles. The summed E-state index contributed by atoms with van der Waals surface area (Å²) in [7, 11) is -3.73. The molecule has 1 aromatic heterocycles. The minimum absolute atomic E-state index is 0.189. The van der Waals surface area contributed by atoms with Gasteiger partial charge in [0.1, 0.15) is 0 Å². The third-order valence-corrected chi connectivity index (χ3v) is 6.27. The van der Waals surface area contributed by atoms with Crippen LogP contribution in [0.1, 0.15) is 5.56 Å². The van der Waals surface area contributed by atoms with E-state index in [1.807, 2.05) is 6.20 Å². The highest BCUT2D eigenvalue weighted by Crippen LogP contribution is 2.27. The molecule has 3 aromatic rings. The number of sulfonamides is 1. The van der Waals surface area contributed by atoms with Crippen molar-refractivity contribution < 1.29 is 13.2 Å². The number of benzene rings is 2. The van der Waals surface area contributed by atoms with Crippen LogP contribution in [0.3, 0.4) is 0 Å². The van der Waals surface area contributed by atoms with Crippen molar-refractivity contribution >= 4 is 27.3 Å². The predicted octanol–water partition coefficient (Wildman–Crippen LogP) is 3.16. The fraction of sp³-hybridized carbons (Fsp3) is 0.250. The van der Waals surface area contributed by atoms with E-state index in [1.165, 1.54) is 0 Å². The van der Waals surface area contributed by atoms with Gasteiger partial charge in [-0.3, -0.25) is 9.62 Å². The normalized spacial score (nSPS) is 15.3. The van der Waals surface area contributed by atoms with E-state index in [1.54, 1.807) is 59.4 Å². The smallest absolute Gasteiger partial charge is 0.261 e. The minimum Gasteiger partial charge on any atom is -0.379 e. The van der Waals surface area contributed by atoms with Crippen LogP contribution in [0.15, 0.2) is 65.8 Å². The van der Waals surface area contributed by atoms with E-state index in [2.05, 4.69) is 14.7 Å². The largest absolute Gasteiger partial charge is 0.379 e. The number of hydrogen-bond donors (Lipinski definition) is 1. The predicted molar refractivity (Wildman–Crippen MR) is 112 cm³/mol. The molecule has 4 rings (SSSR count). The van der Waals surface area contributed by atoms with Crippen molar-refractivity contribution in [3.63, 3.8) is 0 Å². The van der Waals surface area contributed by atoms with E-state index < -0.39 is 10.0 Å². The maximum Gasteiger partial charge on any atom is 0.261 e. The van der Waals surface area contributed by atoms with Gasteiger partial charge in [0.05, 0.1) is 35.7 Å². The molecule has 7 nitrogen and oxygen atoms in total. The number of hydrogen-bond acceptors (Lipinski definition) is 5. The maximum atomic E-state index is 12.7. The standard InChI is InChI=1S/C20H21ClN4O3S/c21-17-6-7-19(23-29(26,27)18-4-2-1-3-5-18)20(12-17)25-15-16(13-22-25)14-24-8-10-28-11-9-24/h1-7,12-13,15,23H,8-11,14H2. The van der Waals surface area contributed by atoms with Gasteiger partial charge in [-0.15, -0.1) is 0 Å². The van der Waals surface area contributed by atoms with Gasteiger partial charge in [0, 0.05) is 36.4 Å². The molecule has 9 heteroatoms. The van der Waals surface area contributed by atoms with Crippen molar-refractivity contribution in [1.29, 1.82) is 0 Å². The van der Waals surface area contributed by atoms with Gasteiger partial charge in [-0.1, -0.05) is 29.8 Å². The first-order valence-corrected chi connectivity index (χ1v) is 11.1. The average Bonchev–Trinajstić information content (AvgIpc) is 3.19. The van der Waals surface area contributed by atoms with Crippen LogP contribution >= 0.6 is 11.6 Å². The maximum absolute atomic E-state index is 12.7. The van der Waals surface area contributed by atoms with Crippen LogP contribution in [0.5, 0.6) is 0 Å². The quantitative estimate of drug-likeness (QED) is 0.647. The molecular weight excluding hydrogens is 412 g/mol. The topological polar surface area (TPSA) is 76.5 Å². The van der Waals surface area contributed by atoms with E-state index in [0.717, 1.165) is 38.4 Å². The Morgan fingerprint density at radius 1 is 1.10 bits per heavy atom. The molecule has 0 unspecified atom stereocenters. The molecule has 2 heterocycles. The summed E-state index contributed by atoms with van der Waals surface area (Å²) in [5, 5.41) is 4.92. The van der Waals surface area contributed by atoms with Crippen molar-refractivity contribution in [3.05, 3.63) is 71.5 Å². The summed E-state index contributed by atoms with van der Waals surface area (Å²) in [6.45, 7) is 3.98. The summed E-state index contributed by atoms with van der Waals surface area (Å²) in [4.78, 5) is 2.48. The molecule has 1 saturated heterocycles. The second-order valence-corrected chi connectivity index (χ2v) is 8.88. The van der Waals surface area contributed by atoms with E-state index in [-0.39, 0.29) is 4.90 Å². The summed E-state index contributed by atoms with van der Waals surface area (Å²) in [5.41, 5.74) is 1.99. The summed E-state index contributed by atoms with van der Waals surface area (Å²) in [6, 6.07) is 13.2. The Morgan fingerprint density at radius 3 is 2.62 bits per heavy atom. The molecule has 1 fully saturated rings. The lowest BCUT2D eigenvalue weighted by molar-refractivity contribution is 0.0342. The number of halogens is 1. The third kappa shape index (κ3) is 4.79. The Bertz CT molecular complexity index is 1080. The van der Waals surface area contributed by atoms with Crippen molar-refractivity contribution in [2.24, 2.45) is 0 Å². The first-order valence-electron chi connectivity index (χ1n) is 9.23. The summed E-state index contributed by atoms with van der Waals surface area (Å²) in [6.07, 6.45) is 3.67. The van der Waals surface area contributed by atoms with Gasteiger partial charge < -0.3 is 4.74 Å². The molecule has 0 atom stereocenters. The van der Waals surface area contributed by atoms with Gasteiger partial charge in [-0.25, -0.2) is 13.1 Å². The number of rotatable bonds is 6. The SMILES string of the molecule is O=S(=O)(Nc1ccc(Cl)cc1-n1cc(CN2CCOCC2)cn1)c1ccccc1. The van der Waals surface area contributed by atoms with Crippen molar-refractivity contribution in [3.8, 4) is 5.69 Å². The van der Waals surface area contributed by atoms with E-state index in [4.69, 9.17) is 16.3 Å². The van der Waals surface area contributed by atoms with Gasteiger partial charge >= 0.3 is 0 Å². The second-order valence-electron chi connectivity index (χ2n) is 6.76. The molecule has 0 aliphatic carbocycles. The van der Waals surface area contributed by atoms with Crippen LogP contribution in [0, 0.1) is 0 Å². The Kier molecular flexibility index (Phi) is 5.86. The third-order valence-electron chi connectivity index (χ3n) is 4.65. The highest BCUT2D eigenvalue weighted by molar-refractivity contribution is 7.92. The van der Waals surface area contributed by atoms with E-state index in [0.29, 0.717) is 16.4 Å². The summed E-state index contributed by atoms with van der Waals surface area (Å²) < 4.78 is 35.2. The number of ether oxygens (including phenoxy) is 1. The Morgan fingerprint density at radius 2 is 1.86 bits per heavy atom. The van der Waals surface area contributed by atoms with E-state index >= 15 is 0 Å². The highest BCUT2D eigenvalue weighted by Gasteiger charge is 2.18. The van der Waals surface area contributed by atoms with Gasteiger partial charge in [0.25, 0.3) is 10.0 Å². The number of aromatic nitrogens is 2. The Hall–Kier alpha value is -2.39. The molecule has 0 spiro atoms. The zero-order valence-corrected chi connectivity index (χ0v) is 17.2. The molecule has 0 bridgehead atoms. The summed E-state index contributed by atoms with van der Waals surface area (Å²) in [5.74, 6) is 0. The first-order chi connectivity index (χ1) is 14.0. The highest BCUT2D eigenvalue weighted by atomic mass is 35.5. The molecule has 0 radical (unpaired) electrons. The molecular formula is C20H21ClN4O3S. The Balaban J connectivity index is 1.60. The zero-order valence-electron chi connectivity index (χ0n) is 15.7. The average molecular weight is 433 g/mol. The molecule has 1 aliphatic rings. The molecule has 1 N–H and O–H groups in total. The lowest BCUT2D eigenvalue weighted by atomic mass is 10.2. The lowest BCUT2D eigenvalue weighted by Gasteiger charge is -2.25. The minimum atomic E-state index is -3.73. The number of nitrogens with zero attached hydrogens (tertiary/aromatic N) is 3. The molecule has 1 aliphatic heterocycles. The number of nitrogens with one attached hydrogen (secondary N) is 1. The molecule has 29 heavy (non-hydrogen) atoms. The second kappa shape index (κ2) is 8.54. The van der Waals surface area contributed by atoms with Gasteiger partial charge in [0.2, 0.25) is 0 Å². The molecule has 152 valence electrons. The van der Waals surface area contributed by atoms with Crippen molar-refractivity contribution in [2.45, 2.75) is 11.4 Å². The van der Waals surface area contributed by atoms with E-state index in [9.17, 15) is 8.42 Å². The van der Waals surface area contributed by atoms with Crippen LogP contribution in [0.4, 0.5) is 5.69 Å². The zero-order chi connectivity index (χ0) is 20.3. The van der Waals surface area contributed by atoms with Crippen LogP contribution in [0.2, 0.25) is 5.02 Å². The van der Waals surface area contributed by atoms with Crippen molar-refractivity contribution in [2.75, 3.05) is 31.0 Å². The van der Waals surface area contributed by atoms with Crippen LogP contribution in [-0.2, 0) is 21.3 Å². The Labute approximate surface area is 174 Å². The van der Waals surface area contributed by atoms with Gasteiger partial charge in [0.15, 0.2) is 0 Å². The fourth-order valence-electron chi connectivity index (χ4n) is 3.17. The number of anilines is 1. The lowest BCUT2D eigenvalue weighted by Crippen LogP contribution is -2.35. The first kappa shape index (κ1) is 19.9. The molecule has 0 saturated carbocycles.